The third-order valence-corrected chi connectivity index (χ3v) is 5.99. The minimum Gasteiger partial charge on any atom is -0.377 e. The van der Waals surface area contributed by atoms with Gasteiger partial charge in [-0.05, 0) is 18.9 Å². The van der Waals surface area contributed by atoms with Crippen LogP contribution in [0.4, 0.5) is 0 Å². The van der Waals surface area contributed by atoms with Crippen LogP contribution in [0, 0.1) is 0 Å². The van der Waals surface area contributed by atoms with E-state index in [-0.39, 0.29) is 0 Å². The Labute approximate surface area is 124 Å². The number of nitrogens with one attached hydrogen (secondary N) is 1. The Balaban J connectivity index is 1.74. The van der Waals surface area contributed by atoms with Gasteiger partial charge in [-0.2, -0.15) is 0 Å². The molecule has 0 saturated heterocycles. The fourth-order valence-electron chi connectivity index (χ4n) is 2.33. The van der Waals surface area contributed by atoms with E-state index < -0.39 is 10.0 Å². The van der Waals surface area contributed by atoms with Crippen molar-refractivity contribution in [3.63, 3.8) is 0 Å². The van der Waals surface area contributed by atoms with E-state index in [1.165, 1.54) is 30.6 Å². The van der Waals surface area contributed by atoms with Crippen LogP contribution in [0.1, 0.15) is 37.0 Å². The molecule has 0 spiro atoms. The lowest BCUT2D eigenvalue weighted by atomic mass is 9.98. The monoisotopic (exact) mass is 318 g/mol. The Morgan fingerprint density at radius 1 is 1.35 bits per heavy atom. The minimum absolute atomic E-state index is 0.292. The number of thiophene rings is 1. The van der Waals surface area contributed by atoms with Crippen LogP contribution >= 0.6 is 11.3 Å². The highest BCUT2D eigenvalue weighted by atomic mass is 32.2. The van der Waals surface area contributed by atoms with Crippen molar-refractivity contribution in [3.8, 4) is 0 Å². The molecule has 20 heavy (non-hydrogen) atoms. The van der Waals surface area contributed by atoms with Crippen LogP contribution in [-0.4, -0.2) is 27.7 Å². The third kappa shape index (κ3) is 4.53. The smallest absolute Gasteiger partial charge is 0.241 e. The Hall–Kier alpha value is -0.470. The van der Waals surface area contributed by atoms with Crippen LogP contribution in [-0.2, 0) is 21.3 Å². The zero-order valence-corrected chi connectivity index (χ0v) is 13.1. The van der Waals surface area contributed by atoms with Crippen LogP contribution in [0.5, 0.6) is 0 Å². The van der Waals surface area contributed by atoms with Crippen LogP contribution in [0.25, 0.3) is 0 Å². The van der Waals surface area contributed by atoms with Gasteiger partial charge in [-0.15, -0.1) is 11.3 Å². The highest BCUT2D eigenvalue weighted by molar-refractivity contribution is 7.89. The molecule has 1 aliphatic rings. The second kappa shape index (κ2) is 7.51. The molecule has 0 bridgehead atoms. The average Bonchev–Trinajstić information content (AvgIpc) is 2.95. The van der Waals surface area contributed by atoms with Gasteiger partial charge in [0, 0.05) is 23.3 Å². The fourth-order valence-corrected chi connectivity index (χ4v) is 4.49. The third-order valence-electron chi connectivity index (χ3n) is 3.44. The van der Waals surface area contributed by atoms with Crippen molar-refractivity contribution in [3.05, 3.63) is 16.3 Å². The Bertz CT molecular complexity index is 507. The van der Waals surface area contributed by atoms with Gasteiger partial charge < -0.3 is 10.5 Å². The summed E-state index contributed by atoms with van der Waals surface area (Å²) in [6, 6.07) is 1.62. The fraction of sp³-hybridized carbons (Fsp3) is 0.692. The molecule has 1 fully saturated rings. The summed E-state index contributed by atoms with van der Waals surface area (Å²) in [7, 11) is -3.43. The first kappa shape index (κ1) is 15.9. The minimum atomic E-state index is -3.43. The molecule has 1 aromatic rings. The molecule has 0 amide bonds. The number of hydrogen-bond acceptors (Lipinski definition) is 5. The van der Waals surface area contributed by atoms with Gasteiger partial charge in [-0.1, -0.05) is 19.3 Å². The normalized spacial score (nSPS) is 17.4. The van der Waals surface area contributed by atoms with Crippen molar-refractivity contribution < 1.29 is 13.2 Å². The Morgan fingerprint density at radius 2 is 2.10 bits per heavy atom. The SMILES string of the molecule is NCc1cc(S(=O)(=O)NCCOC2CCCCC2)cs1. The van der Waals surface area contributed by atoms with E-state index in [0.717, 1.165) is 17.7 Å². The number of hydrogen-bond donors (Lipinski definition) is 2. The molecule has 1 aromatic heterocycles. The molecule has 114 valence electrons. The molecule has 5 nitrogen and oxygen atoms in total. The summed E-state index contributed by atoms with van der Waals surface area (Å²) < 4.78 is 32.3. The molecule has 1 saturated carbocycles. The van der Waals surface area contributed by atoms with E-state index in [2.05, 4.69) is 4.72 Å². The van der Waals surface area contributed by atoms with Crippen molar-refractivity contribution in [2.75, 3.05) is 13.2 Å². The zero-order chi connectivity index (χ0) is 14.4. The standard InChI is InChI=1S/C13H22N2O3S2/c14-9-12-8-13(10-19-12)20(16,17)15-6-7-18-11-4-2-1-3-5-11/h8,10-11,15H,1-7,9,14H2. The zero-order valence-electron chi connectivity index (χ0n) is 11.5. The molecule has 3 N–H and O–H groups in total. The molecule has 0 aromatic carbocycles. The van der Waals surface area contributed by atoms with Crippen LogP contribution in [0.2, 0.25) is 0 Å². The maximum Gasteiger partial charge on any atom is 0.241 e. The van der Waals surface area contributed by atoms with Crippen molar-refractivity contribution in [1.82, 2.24) is 4.72 Å². The van der Waals surface area contributed by atoms with Crippen molar-refractivity contribution in [2.45, 2.75) is 49.6 Å². The van der Waals surface area contributed by atoms with Crippen LogP contribution in [0.15, 0.2) is 16.3 Å². The van der Waals surface area contributed by atoms with E-state index in [0.29, 0.717) is 30.7 Å². The summed E-state index contributed by atoms with van der Waals surface area (Å²) in [4.78, 5) is 1.16. The Kier molecular flexibility index (Phi) is 5.98. The van der Waals surface area contributed by atoms with E-state index in [9.17, 15) is 8.42 Å². The second-order valence-electron chi connectivity index (χ2n) is 4.98. The summed E-state index contributed by atoms with van der Waals surface area (Å²) in [5, 5.41) is 1.62. The van der Waals surface area contributed by atoms with Gasteiger partial charge in [0.2, 0.25) is 10.0 Å². The lowest BCUT2D eigenvalue weighted by Gasteiger charge is -2.21. The van der Waals surface area contributed by atoms with E-state index in [1.54, 1.807) is 11.4 Å². The van der Waals surface area contributed by atoms with Gasteiger partial charge >= 0.3 is 0 Å². The van der Waals surface area contributed by atoms with E-state index >= 15 is 0 Å². The first-order valence-corrected chi connectivity index (χ1v) is 9.37. The first-order valence-electron chi connectivity index (χ1n) is 7.00. The lowest BCUT2D eigenvalue weighted by molar-refractivity contribution is 0.0321. The quantitative estimate of drug-likeness (QED) is 0.752. The van der Waals surface area contributed by atoms with Crippen LogP contribution in [0.3, 0.4) is 0 Å². The number of nitrogens with two attached hydrogens (primary N) is 1. The van der Waals surface area contributed by atoms with Crippen LogP contribution < -0.4 is 10.5 Å². The van der Waals surface area contributed by atoms with Crippen molar-refractivity contribution in [1.29, 1.82) is 0 Å². The molecule has 0 atom stereocenters. The maximum absolute atomic E-state index is 12.0. The molecule has 0 unspecified atom stereocenters. The predicted molar refractivity (Wildman–Crippen MR) is 80.2 cm³/mol. The van der Waals surface area contributed by atoms with E-state index in [1.807, 2.05) is 0 Å². The molecule has 2 rings (SSSR count). The summed E-state index contributed by atoms with van der Waals surface area (Å²) in [6.07, 6.45) is 6.21. The van der Waals surface area contributed by atoms with Crippen molar-refractivity contribution >= 4 is 21.4 Å². The first-order chi connectivity index (χ1) is 9.62. The molecular formula is C13H22N2O3S2. The largest absolute Gasteiger partial charge is 0.377 e. The molecule has 0 radical (unpaired) electrons. The Morgan fingerprint density at radius 3 is 2.75 bits per heavy atom. The lowest BCUT2D eigenvalue weighted by Crippen LogP contribution is -2.29. The highest BCUT2D eigenvalue weighted by Crippen LogP contribution is 2.20. The van der Waals surface area contributed by atoms with Gasteiger partial charge in [-0.3, -0.25) is 0 Å². The number of ether oxygens (including phenoxy) is 1. The summed E-state index contributed by atoms with van der Waals surface area (Å²) >= 11 is 1.36. The molecule has 0 aliphatic heterocycles. The second-order valence-corrected chi connectivity index (χ2v) is 7.74. The van der Waals surface area contributed by atoms with Gasteiger partial charge in [0.15, 0.2) is 0 Å². The summed E-state index contributed by atoms with van der Waals surface area (Å²) in [6.45, 7) is 1.11. The van der Waals surface area contributed by atoms with E-state index in [4.69, 9.17) is 10.5 Å². The number of sulfonamides is 1. The average molecular weight is 318 g/mol. The molecule has 1 heterocycles. The maximum atomic E-state index is 12.0. The van der Waals surface area contributed by atoms with Gasteiger partial charge in [0.25, 0.3) is 0 Å². The van der Waals surface area contributed by atoms with Gasteiger partial charge in [-0.25, -0.2) is 13.1 Å². The number of rotatable bonds is 7. The molecular weight excluding hydrogens is 296 g/mol. The van der Waals surface area contributed by atoms with Gasteiger partial charge in [0.1, 0.15) is 0 Å². The van der Waals surface area contributed by atoms with Crippen molar-refractivity contribution in [2.24, 2.45) is 5.73 Å². The summed E-state index contributed by atoms with van der Waals surface area (Å²) in [5.74, 6) is 0. The molecule has 7 heteroatoms. The summed E-state index contributed by atoms with van der Waals surface area (Å²) in [5.41, 5.74) is 5.49. The predicted octanol–water partition coefficient (Wildman–Crippen LogP) is 1.83. The topological polar surface area (TPSA) is 81.4 Å². The van der Waals surface area contributed by atoms with Gasteiger partial charge in [0.05, 0.1) is 17.6 Å². The molecule has 1 aliphatic carbocycles. The highest BCUT2D eigenvalue weighted by Gasteiger charge is 2.17.